The van der Waals surface area contributed by atoms with Gasteiger partial charge < -0.3 is 10.1 Å². The number of allylic oxidation sites excluding steroid dienone is 1. The van der Waals surface area contributed by atoms with Crippen molar-refractivity contribution < 1.29 is 22.7 Å². The first-order valence-electron chi connectivity index (χ1n) is 6.50. The molecule has 0 atom stereocenters. The molecule has 22 heavy (non-hydrogen) atoms. The molecule has 0 aromatic heterocycles. The summed E-state index contributed by atoms with van der Waals surface area (Å²) in [4.78, 5) is 22.2. The SMILES string of the molecule is CCOC(=O)/C=C(\C)NS(=O)(=O)c1ccc(NC(C)=O)cc1. The Morgan fingerprint density at radius 1 is 1.18 bits per heavy atom. The van der Waals surface area contributed by atoms with E-state index < -0.39 is 16.0 Å². The first-order valence-corrected chi connectivity index (χ1v) is 7.98. The summed E-state index contributed by atoms with van der Waals surface area (Å²) in [7, 11) is -3.80. The van der Waals surface area contributed by atoms with E-state index in [1.807, 2.05) is 0 Å². The Labute approximate surface area is 129 Å². The topological polar surface area (TPSA) is 102 Å². The fourth-order valence-electron chi connectivity index (χ4n) is 1.58. The zero-order valence-electron chi connectivity index (χ0n) is 12.5. The predicted molar refractivity (Wildman–Crippen MR) is 81.5 cm³/mol. The number of nitrogens with one attached hydrogen (secondary N) is 2. The van der Waals surface area contributed by atoms with Gasteiger partial charge in [0.25, 0.3) is 10.0 Å². The van der Waals surface area contributed by atoms with Gasteiger partial charge in [0.15, 0.2) is 0 Å². The van der Waals surface area contributed by atoms with Gasteiger partial charge in [0, 0.05) is 24.4 Å². The summed E-state index contributed by atoms with van der Waals surface area (Å²) in [6.07, 6.45) is 1.06. The molecule has 1 aromatic carbocycles. The summed E-state index contributed by atoms with van der Waals surface area (Å²) in [5.74, 6) is -0.870. The lowest BCUT2D eigenvalue weighted by Crippen LogP contribution is -2.22. The molecule has 0 fully saturated rings. The molecule has 2 N–H and O–H groups in total. The van der Waals surface area contributed by atoms with Crippen molar-refractivity contribution >= 4 is 27.6 Å². The molecule has 0 radical (unpaired) electrons. The fraction of sp³-hybridized carbons (Fsp3) is 0.286. The summed E-state index contributed by atoms with van der Waals surface area (Å²) in [5.41, 5.74) is 0.634. The molecule has 0 aliphatic heterocycles. The van der Waals surface area contributed by atoms with Gasteiger partial charge in [-0.3, -0.25) is 9.52 Å². The van der Waals surface area contributed by atoms with Crippen LogP contribution in [-0.2, 0) is 24.3 Å². The van der Waals surface area contributed by atoms with Gasteiger partial charge in [-0.05, 0) is 38.1 Å². The second-order valence-electron chi connectivity index (χ2n) is 4.39. The average molecular weight is 326 g/mol. The molecule has 120 valence electrons. The Morgan fingerprint density at radius 2 is 1.77 bits per heavy atom. The van der Waals surface area contributed by atoms with Crippen LogP contribution < -0.4 is 10.0 Å². The van der Waals surface area contributed by atoms with Crippen LogP contribution in [0, 0.1) is 0 Å². The number of ether oxygens (including phenoxy) is 1. The van der Waals surface area contributed by atoms with Crippen LogP contribution in [0.15, 0.2) is 40.9 Å². The summed E-state index contributed by atoms with van der Waals surface area (Å²) in [6.45, 7) is 4.66. The molecule has 7 nitrogen and oxygen atoms in total. The van der Waals surface area contributed by atoms with E-state index in [1.54, 1.807) is 6.92 Å². The molecule has 0 unspecified atom stereocenters. The van der Waals surface area contributed by atoms with Gasteiger partial charge in [0.2, 0.25) is 5.91 Å². The van der Waals surface area contributed by atoms with Crippen LogP contribution in [0.3, 0.4) is 0 Å². The van der Waals surface area contributed by atoms with Crippen LogP contribution in [0.2, 0.25) is 0 Å². The van der Waals surface area contributed by atoms with Crippen molar-refractivity contribution in [3.63, 3.8) is 0 Å². The number of hydrogen-bond donors (Lipinski definition) is 2. The van der Waals surface area contributed by atoms with E-state index in [2.05, 4.69) is 10.0 Å². The maximum absolute atomic E-state index is 12.1. The molecule has 1 aromatic rings. The molecule has 0 bridgehead atoms. The van der Waals surface area contributed by atoms with Crippen molar-refractivity contribution in [1.29, 1.82) is 0 Å². The number of sulfonamides is 1. The minimum atomic E-state index is -3.80. The van der Waals surface area contributed by atoms with E-state index in [9.17, 15) is 18.0 Å². The van der Waals surface area contributed by atoms with Crippen LogP contribution in [0.4, 0.5) is 5.69 Å². The Kier molecular flexibility index (Phi) is 6.11. The normalized spacial score (nSPS) is 11.7. The highest BCUT2D eigenvalue weighted by Gasteiger charge is 2.14. The first-order chi connectivity index (χ1) is 10.2. The van der Waals surface area contributed by atoms with Crippen LogP contribution in [0.5, 0.6) is 0 Å². The van der Waals surface area contributed by atoms with Gasteiger partial charge in [-0.2, -0.15) is 0 Å². The Bertz CT molecular complexity index is 678. The number of carbonyl (C=O) groups is 2. The number of anilines is 1. The minimum Gasteiger partial charge on any atom is -0.463 e. The molecule has 1 amide bonds. The number of hydrogen-bond acceptors (Lipinski definition) is 5. The zero-order valence-corrected chi connectivity index (χ0v) is 13.4. The number of amides is 1. The Morgan fingerprint density at radius 3 is 2.27 bits per heavy atom. The third-order valence-electron chi connectivity index (χ3n) is 2.40. The third-order valence-corrected chi connectivity index (χ3v) is 3.88. The lowest BCUT2D eigenvalue weighted by molar-refractivity contribution is -0.137. The van der Waals surface area contributed by atoms with Gasteiger partial charge in [-0.1, -0.05) is 0 Å². The molecule has 0 spiro atoms. The van der Waals surface area contributed by atoms with Gasteiger partial charge in [0.05, 0.1) is 11.5 Å². The van der Waals surface area contributed by atoms with E-state index in [0.29, 0.717) is 5.69 Å². The number of carbonyl (C=O) groups excluding carboxylic acids is 2. The van der Waals surface area contributed by atoms with E-state index in [-0.39, 0.29) is 23.1 Å². The second kappa shape index (κ2) is 7.60. The Balaban J connectivity index is 2.86. The summed E-state index contributed by atoms with van der Waals surface area (Å²) in [6, 6.07) is 5.65. The highest BCUT2D eigenvalue weighted by atomic mass is 32.2. The number of esters is 1. The van der Waals surface area contributed by atoms with E-state index in [0.717, 1.165) is 6.08 Å². The highest BCUT2D eigenvalue weighted by Crippen LogP contribution is 2.14. The van der Waals surface area contributed by atoms with Crippen molar-refractivity contribution in [2.75, 3.05) is 11.9 Å². The molecule has 1 rings (SSSR count). The zero-order chi connectivity index (χ0) is 16.8. The van der Waals surface area contributed by atoms with Crippen LogP contribution in [0.25, 0.3) is 0 Å². The van der Waals surface area contributed by atoms with Crippen molar-refractivity contribution in [2.24, 2.45) is 0 Å². The van der Waals surface area contributed by atoms with E-state index >= 15 is 0 Å². The monoisotopic (exact) mass is 326 g/mol. The number of benzene rings is 1. The van der Waals surface area contributed by atoms with Crippen LogP contribution in [-0.4, -0.2) is 26.9 Å². The van der Waals surface area contributed by atoms with Crippen molar-refractivity contribution in [2.45, 2.75) is 25.7 Å². The summed E-state index contributed by atoms with van der Waals surface area (Å²) in [5, 5.41) is 2.54. The largest absolute Gasteiger partial charge is 0.463 e. The number of rotatable bonds is 6. The summed E-state index contributed by atoms with van der Waals surface area (Å²) >= 11 is 0. The van der Waals surface area contributed by atoms with E-state index in [4.69, 9.17) is 4.74 Å². The van der Waals surface area contributed by atoms with Crippen LogP contribution >= 0.6 is 0 Å². The van der Waals surface area contributed by atoms with Gasteiger partial charge in [0.1, 0.15) is 0 Å². The molecule has 0 saturated carbocycles. The van der Waals surface area contributed by atoms with Gasteiger partial charge in [-0.25, -0.2) is 13.2 Å². The quantitative estimate of drug-likeness (QED) is 0.607. The molecular weight excluding hydrogens is 308 g/mol. The van der Waals surface area contributed by atoms with Crippen molar-refractivity contribution in [1.82, 2.24) is 4.72 Å². The fourth-order valence-corrected chi connectivity index (χ4v) is 2.68. The second-order valence-corrected chi connectivity index (χ2v) is 6.07. The standard InChI is InChI=1S/C14H18N2O5S/c1-4-21-14(18)9-10(2)16-22(19,20)13-7-5-12(6-8-13)15-11(3)17/h5-9,16H,4H2,1-3H3,(H,15,17)/b10-9+. The van der Waals surface area contributed by atoms with Crippen molar-refractivity contribution in [3.8, 4) is 0 Å². The first kappa shape index (κ1) is 17.7. The molecule has 0 aliphatic rings. The van der Waals surface area contributed by atoms with Gasteiger partial charge >= 0.3 is 5.97 Å². The lowest BCUT2D eigenvalue weighted by Gasteiger charge is -2.09. The molecular formula is C14H18N2O5S. The Hall–Kier alpha value is -2.35. The predicted octanol–water partition coefficient (Wildman–Crippen LogP) is 1.39. The average Bonchev–Trinajstić information content (AvgIpc) is 2.37. The van der Waals surface area contributed by atoms with Crippen molar-refractivity contribution in [3.05, 3.63) is 36.0 Å². The van der Waals surface area contributed by atoms with Crippen LogP contribution in [0.1, 0.15) is 20.8 Å². The summed E-state index contributed by atoms with van der Waals surface area (Å²) < 4.78 is 31.2. The molecule has 8 heteroatoms. The highest BCUT2D eigenvalue weighted by molar-refractivity contribution is 7.89. The maximum Gasteiger partial charge on any atom is 0.332 e. The lowest BCUT2D eigenvalue weighted by atomic mass is 10.3. The smallest absolute Gasteiger partial charge is 0.332 e. The minimum absolute atomic E-state index is 0.0122. The third kappa shape index (κ3) is 5.57. The van der Waals surface area contributed by atoms with Gasteiger partial charge in [-0.15, -0.1) is 0 Å². The maximum atomic E-state index is 12.1. The molecule has 0 aliphatic carbocycles. The molecule has 0 saturated heterocycles. The van der Waals surface area contributed by atoms with E-state index in [1.165, 1.54) is 38.1 Å². The molecule has 0 heterocycles.